The molecule has 0 saturated carbocycles. The number of halogens is 1. The smallest absolute Gasteiger partial charge is 0.255 e. The summed E-state index contributed by atoms with van der Waals surface area (Å²) >= 11 is 6.20. The second-order valence-corrected chi connectivity index (χ2v) is 5.97. The van der Waals surface area contributed by atoms with Crippen molar-refractivity contribution in [2.24, 2.45) is 0 Å². The zero-order valence-electron chi connectivity index (χ0n) is 12.9. The summed E-state index contributed by atoms with van der Waals surface area (Å²) in [7, 11) is 2.08. The number of rotatable bonds is 4. The third-order valence-corrected chi connectivity index (χ3v) is 4.17. The van der Waals surface area contributed by atoms with Crippen LogP contribution in [0.4, 0.5) is 5.82 Å². The molecule has 1 aliphatic heterocycles. The van der Waals surface area contributed by atoms with E-state index in [1.165, 1.54) is 0 Å². The molecule has 1 unspecified atom stereocenters. The minimum Gasteiger partial charge on any atom is -0.369 e. The third kappa shape index (κ3) is 3.86. The molecule has 2 heterocycles. The number of pyridine rings is 1. The molecule has 1 aliphatic rings. The van der Waals surface area contributed by atoms with Gasteiger partial charge in [-0.25, -0.2) is 4.98 Å². The fraction of sp³-hybridized carbons (Fsp3) is 0.600. The highest BCUT2D eigenvalue weighted by Gasteiger charge is 2.25. The fourth-order valence-electron chi connectivity index (χ4n) is 2.34. The molecule has 21 heavy (non-hydrogen) atoms. The Labute approximate surface area is 131 Å². The fourth-order valence-corrected chi connectivity index (χ4v) is 2.58. The van der Waals surface area contributed by atoms with Gasteiger partial charge < -0.3 is 15.1 Å². The van der Waals surface area contributed by atoms with Gasteiger partial charge in [0.25, 0.3) is 5.91 Å². The van der Waals surface area contributed by atoms with Gasteiger partial charge in [0.15, 0.2) is 0 Å². The topological polar surface area (TPSA) is 48.5 Å². The highest BCUT2D eigenvalue weighted by Crippen LogP contribution is 2.21. The minimum absolute atomic E-state index is 0.00592. The largest absolute Gasteiger partial charge is 0.369 e. The lowest BCUT2D eigenvalue weighted by Crippen LogP contribution is -2.52. The molecule has 6 heteroatoms. The van der Waals surface area contributed by atoms with Crippen molar-refractivity contribution in [3.63, 3.8) is 0 Å². The summed E-state index contributed by atoms with van der Waals surface area (Å²) in [6, 6.07) is 2.08. The summed E-state index contributed by atoms with van der Waals surface area (Å²) in [5.41, 5.74) is 0.554. The highest BCUT2D eigenvalue weighted by atomic mass is 35.5. The molecular weight excluding hydrogens is 288 g/mol. The van der Waals surface area contributed by atoms with E-state index in [4.69, 9.17) is 11.6 Å². The van der Waals surface area contributed by atoms with Crippen LogP contribution in [-0.4, -0.2) is 60.0 Å². The second kappa shape index (κ2) is 7.09. The van der Waals surface area contributed by atoms with Crippen molar-refractivity contribution < 1.29 is 4.79 Å². The van der Waals surface area contributed by atoms with Crippen molar-refractivity contribution in [1.29, 1.82) is 0 Å². The van der Waals surface area contributed by atoms with Gasteiger partial charge >= 0.3 is 0 Å². The van der Waals surface area contributed by atoms with E-state index in [0.29, 0.717) is 22.4 Å². The summed E-state index contributed by atoms with van der Waals surface area (Å²) in [6.07, 6.45) is 2.60. The number of likely N-dealkylation sites (N-methyl/N-ethyl adjacent to an activating group) is 1. The Bertz CT molecular complexity index is 508. The number of piperazine rings is 1. The van der Waals surface area contributed by atoms with Crippen molar-refractivity contribution in [2.45, 2.75) is 26.3 Å². The number of hydrogen-bond donors (Lipinski definition) is 1. The van der Waals surface area contributed by atoms with Gasteiger partial charge in [0, 0.05) is 38.4 Å². The van der Waals surface area contributed by atoms with Gasteiger partial charge in [0.05, 0.1) is 10.6 Å². The summed E-state index contributed by atoms with van der Waals surface area (Å²) in [6.45, 7) is 7.39. The van der Waals surface area contributed by atoms with Crippen LogP contribution in [0.25, 0.3) is 0 Å². The number of amides is 1. The van der Waals surface area contributed by atoms with E-state index in [0.717, 1.165) is 32.6 Å². The summed E-state index contributed by atoms with van der Waals surface area (Å²) in [5, 5.41) is 3.64. The lowest BCUT2D eigenvalue weighted by Gasteiger charge is -2.37. The molecule has 0 bridgehead atoms. The zero-order valence-corrected chi connectivity index (χ0v) is 13.7. The van der Waals surface area contributed by atoms with Crippen molar-refractivity contribution in [1.82, 2.24) is 14.8 Å². The van der Waals surface area contributed by atoms with Crippen LogP contribution in [0.1, 0.15) is 30.6 Å². The highest BCUT2D eigenvalue weighted by molar-refractivity contribution is 6.33. The average Bonchev–Trinajstić information content (AvgIpc) is 2.48. The first-order chi connectivity index (χ1) is 10.0. The maximum absolute atomic E-state index is 12.5. The quantitative estimate of drug-likeness (QED) is 0.927. The van der Waals surface area contributed by atoms with Gasteiger partial charge in [-0.1, -0.05) is 18.5 Å². The molecule has 116 valence electrons. The van der Waals surface area contributed by atoms with E-state index in [1.54, 1.807) is 12.3 Å². The van der Waals surface area contributed by atoms with Crippen LogP contribution in [0.5, 0.6) is 0 Å². The molecule has 1 aromatic heterocycles. The van der Waals surface area contributed by atoms with E-state index in [2.05, 4.69) is 36.1 Å². The molecule has 1 N–H and O–H groups in total. The first-order valence-corrected chi connectivity index (χ1v) is 7.79. The first kappa shape index (κ1) is 16.0. The molecule has 0 radical (unpaired) electrons. The van der Waals surface area contributed by atoms with Gasteiger partial charge in [0.1, 0.15) is 5.82 Å². The molecule has 0 aromatic carbocycles. The van der Waals surface area contributed by atoms with Crippen molar-refractivity contribution in [3.8, 4) is 0 Å². The molecular formula is C15H23ClN4O. The maximum Gasteiger partial charge on any atom is 0.255 e. The molecule has 1 fully saturated rings. The Kier molecular flexibility index (Phi) is 5.42. The van der Waals surface area contributed by atoms with E-state index in [1.807, 2.05) is 4.90 Å². The molecule has 2 rings (SSSR count). The number of carbonyl (C=O) groups is 1. The first-order valence-electron chi connectivity index (χ1n) is 7.41. The van der Waals surface area contributed by atoms with E-state index >= 15 is 0 Å². The summed E-state index contributed by atoms with van der Waals surface area (Å²) in [4.78, 5) is 20.9. The van der Waals surface area contributed by atoms with E-state index < -0.39 is 0 Å². The van der Waals surface area contributed by atoms with Gasteiger partial charge in [-0.05, 0) is 26.5 Å². The number of nitrogens with one attached hydrogen (secondary N) is 1. The van der Waals surface area contributed by atoms with E-state index in [9.17, 15) is 4.79 Å². The van der Waals surface area contributed by atoms with Crippen LogP contribution in [0.15, 0.2) is 12.3 Å². The molecule has 1 saturated heterocycles. The van der Waals surface area contributed by atoms with Crippen molar-refractivity contribution >= 4 is 23.3 Å². The van der Waals surface area contributed by atoms with Crippen molar-refractivity contribution in [3.05, 3.63) is 22.8 Å². The number of anilines is 1. The lowest BCUT2D eigenvalue weighted by atomic mass is 10.1. The predicted octanol–water partition coefficient (Wildman–Crippen LogP) is 2.33. The van der Waals surface area contributed by atoms with E-state index in [-0.39, 0.29) is 5.91 Å². The molecule has 0 spiro atoms. The SMILES string of the molecule is CCCNc1ncc(C(=O)N2CCN(C)C(C)C2)cc1Cl. The number of hydrogen-bond acceptors (Lipinski definition) is 4. The van der Waals surface area contributed by atoms with Crippen LogP contribution in [-0.2, 0) is 0 Å². The molecule has 5 nitrogen and oxygen atoms in total. The summed E-state index contributed by atoms with van der Waals surface area (Å²) < 4.78 is 0. The molecule has 1 amide bonds. The van der Waals surface area contributed by atoms with Crippen LogP contribution in [0.3, 0.4) is 0 Å². The van der Waals surface area contributed by atoms with Crippen molar-refractivity contribution in [2.75, 3.05) is 38.5 Å². The maximum atomic E-state index is 12.5. The van der Waals surface area contributed by atoms with Gasteiger partial charge in [-0.3, -0.25) is 4.79 Å². The standard InChI is InChI=1S/C15H23ClN4O/c1-4-5-17-14-13(16)8-12(9-18-14)15(21)20-7-6-19(3)11(2)10-20/h8-9,11H,4-7,10H2,1-3H3,(H,17,18). The number of aromatic nitrogens is 1. The molecule has 0 aliphatic carbocycles. The number of carbonyl (C=O) groups excluding carboxylic acids is 1. The second-order valence-electron chi connectivity index (χ2n) is 5.56. The Morgan fingerprint density at radius 3 is 2.90 bits per heavy atom. The van der Waals surface area contributed by atoms with Crippen LogP contribution in [0, 0.1) is 0 Å². The van der Waals surface area contributed by atoms with Crippen LogP contribution < -0.4 is 5.32 Å². The van der Waals surface area contributed by atoms with Gasteiger partial charge in [0.2, 0.25) is 0 Å². The normalized spacial score (nSPS) is 19.6. The third-order valence-electron chi connectivity index (χ3n) is 3.88. The number of nitrogens with zero attached hydrogens (tertiary/aromatic N) is 3. The van der Waals surface area contributed by atoms with Gasteiger partial charge in [-0.2, -0.15) is 0 Å². The Morgan fingerprint density at radius 2 is 2.29 bits per heavy atom. The van der Waals surface area contributed by atoms with Crippen LogP contribution in [0.2, 0.25) is 5.02 Å². The predicted molar refractivity (Wildman–Crippen MR) is 86.0 cm³/mol. The summed E-state index contributed by atoms with van der Waals surface area (Å²) in [5.74, 6) is 0.646. The Hall–Kier alpha value is -1.33. The zero-order chi connectivity index (χ0) is 15.4. The van der Waals surface area contributed by atoms with Gasteiger partial charge in [-0.15, -0.1) is 0 Å². The Balaban J connectivity index is 2.07. The molecule has 1 atom stereocenters. The van der Waals surface area contributed by atoms with Crippen LogP contribution >= 0.6 is 11.6 Å². The molecule has 1 aromatic rings. The Morgan fingerprint density at radius 1 is 1.52 bits per heavy atom. The average molecular weight is 311 g/mol. The lowest BCUT2D eigenvalue weighted by molar-refractivity contribution is 0.0572. The monoisotopic (exact) mass is 310 g/mol. The minimum atomic E-state index is 0.00592.